The summed E-state index contributed by atoms with van der Waals surface area (Å²) in [7, 11) is 0. The second-order valence-electron chi connectivity index (χ2n) is 6.63. The van der Waals surface area contributed by atoms with Crippen LogP contribution in [0.15, 0.2) is 0 Å². The van der Waals surface area contributed by atoms with E-state index < -0.39 is 17.4 Å². The molecule has 0 saturated heterocycles. The monoisotopic (exact) mass is 273 g/mol. The van der Waals surface area contributed by atoms with Gasteiger partial charge in [0.1, 0.15) is 5.60 Å². The van der Waals surface area contributed by atoms with Gasteiger partial charge in [-0.15, -0.1) is 0 Å². The van der Waals surface area contributed by atoms with Gasteiger partial charge in [0, 0.05) is 6.54 Å². The molecule has 0 aromatic heterocycles. The van der Waals surface area contributed by atoms with Crippen LogP contribution < -0.4 is 5.32 Å². The first-order valence-corrected chi connectivity index (χ1v) is 7.28. The van der Waals surface area contributed by atoms with Gasteiger partial charge in [0.2, 0.25) is 0 Å². The Bertz CT molecular complexity index is 385. The van der Waals surface area contributed by atoms with E-state index in [1.165, 1.54) is 0 Å². The number of nitrogens with one attached hydrogen (secondary N) is 1. The minimum absolute atomic E-state index is 0.0151. The number of halogens is 2. The van der Waals surface area contributed by atoms with Crippen molar-refractivity contribution in [3.05, 3.63) is 0 Å². The van der Waals surface area contributed by atoms with Crippen molar-refractivity contribution < 1.29 is 18.7 Å². The van der Waals surface area contributed by atoms with Crippen LogP contribution in [0, 0.1) is 11.3 Å². The van der Waals surface area contributed by atoms with Gasteiger partial charge in [-0.05, 0) is 56.3 Å². The SMILES string of the molecule is O=C(NCC1(C2CC2)CCC1)C(F)(F)C1(O)CCC1. The molecule has 0 radical (unpaired) electrons. The molecule has 0 aliphatic heterocycles. The second-order valence-corrected chi connectivity index (χ2v) is 6.63. The molecule has 0 unspecified atom stereocenters. The summed E-state index contributed by atoms with van der Waals surface area (Å²) >= 11 is 0. The largest absolute Gasteiger partial charge is 0.383 e. The van der Waals surface area contributed by atoms with E-state index in [0.717, 1.165) is 32.1 Å². The number of carbonyl (C=O) groups excluding carboxylic acids is 1. The predicted molar refractivity (Wildman–Crippen MR) is 65.8 cm³/mol. The highest BCUT2D eigenvalue weighted by atomic mass is 19.3. The molecule has 2 N–H and O–H groups in total. The Morgan fingerprint density at radius 2 is 1.79 bits per heavy atom. The Labute approximate surface area is 111 Å². The number of alkyl halides is 2. The number of aliphatic hydroxyl groups is 1. The van der Waals surface area contributed by atoms with Crippen molar-refractivity contribution in [3.63, 3.8) is 0 Å². The van der Waals surface area contributed by atoms with E-state index in [9.17, 15) is 18.7 Å². The molecular weight excluding hydrogens is 252 g/mol. The van der Waals surface area contributed by atoms with Crippen LogP contribution >= 0.6 is 0 Å². The fourth-order valence-corrected chi connectivity index (χ4v) is 3.46. The fourth-order valence-electron chi connectivity index (χ4n) is 3.46. The smallest absolute Gasteiger partial charge is 0.352 e. The zero-order chi connectivity index (χ0) is 13.7. The first-order chi connectivity index (χ1) is 8.90. The maximum Gasteiger partial charge on any atom is 0.352 e. The van der Waals surface area contributed by atoms with E-state index >= 15 is 0 Å². The van der Waals surface area contributed by atoms with E-state index in [4.69, 9.17) is 0 Å². The minimum atomic E-state index is -3.65. The second kappa shape index (κ2) is 4.14. The van der Waals surface area contributed by atoms with Gasteiger partial charge in [-0.3, -0.25) is 4.79 Å². The molecule has 3 aliphatic rings. The van der Waals surface area contributed by atoms with Crippen molar-refractivity contribution in [1.82, 2.24) is 5.32 Å². The molecule has 3 saturated carbocycles. The van der Waals surface area contributed by atoms with Gasteiger partial charge in [0.05, 0.1) is 0 Å². The molecule has 3 nitrogen and oxygen atoms in total. The molecular formula is C14H21F2NO2. The van der Waals surface area contributed by atoms with Gasteiger partial charge in [-0.2, -0.15) is 8.78 Å². The van der Waals surface area contributed by atoms with Crippen LogP contribution in [0.5, 0.6) is 0 Å². The van der Waals surface area contributed by atoms with Gasteiger partial charge in [0.15, 0.2) is 0 Å². The third-order valence-electron chi connectivity index (χ3n) is 5.44. The highest BCUT2D eigenvalue weighted by molar-refractivity contribution is 5.85. The van der Waals surface area contributed by atoms with E-state index in [2.05, 4.69) is 5.32 Å². The average Bonchev–Trinajstić information content (AvgIpc) is 3.08. The zero-order valence-corrected chi connectivity index (χ0v) is 11.1. The third kappa shape index (κ3) is 1.97. The lowest BCUT2D eigenvalue weighted by Crippen LogP contribution is -2.61. The van der Waals surface area contributed by atoms with Crippen molar-refractivity contribution in [1.29, 1.82) is 0 Å². The van der Waals surface area contributed by atoms with Crippen molar-refractivity contribution in [2.45, 2.75) is 62.9 Å². The van der Waals surface area contributed by atoms with E-state index in [-0.39, 0.29) is 18.3 Å². The number of hydrogen-bond acceptors (Lipinski definition) is 2. The Kier molecular flexibility index (Phi) is 2.89. The van der Waals surface area contributed by atoms with Gasteiger partial charge in [-0.1, -0.05) is 6.42 Å². The number of carbonyl (C=O) groups is 1. The van der Waals surface area contributed by atoms with Crippen LogP contribution in [0.1, 0.15) is 51.4 Å². The van der Waals surface area contributed by atoms with Crippen molar-refractivity contribution in [2.75, 3.05) is 6.54 Å². The molecule has 0 aromatic rings. The maximum absolute atomic E-state index is 13.9. The minimum Gasteiger partial charge on any atom is -0.383 e. The van der Waals surface area contributed by atoms with Crippen molar-refractivity contribution >= 4 is 5.91 Å². The summed E-state index contributed by atoms with van der Waals surface area (Å²) in [5.74, 6) is -4.33. The van der Waals surface area contributed by atoms with Crippen molar-refractivity contribution in [2.24, 2.45) is 11.3 Å². The lowest BCUT2D eigenvalue weighted by molar-refractivity contribution is -0.216. The maximum atomic E-state index is 13.9. The average molecular weight is 273 g/mol. The van der Waals surface area contributed by atoms with E-state index in [1.54, 1.807) is 0 Å². The topological polar surface area (TPSA) is 49.3 Å². The first-order valence-electron chi connectivity index (χ1n) is 7.28. The molecule has 108 valence electrons. The number of rotatable bonds is 5. The van der Waals surface area contributed by atoms with Crippen LogP contribution in [-0.2, 0) is 4.79 Å². The standard InChI is InChI=1S/C14H21F2NO2/c15-14(16,13(19)7-2-8-13)11(18)17-9-12(5-1-6-12)10-3-4-10/h10,19H,1-9H2,(H,17,18). The summed E-state index contributed by atoms with van der Waals surface area (Å²) < 4.78 is 27.8. The number of amides is 1. The molecule has 19 heavy (non-hydrogen) atoms. The molecule has 3 rings (SSSR count). The van der Waals surface area contributed by atoms with Gasteiger partial charge in [0.25, 0.3) is 5.91 Å². The molecule has 0 spiro atoms. The normalized spacial score (nSPS) is 28.2. The van der Waals surface area contributed by atoms with Crippen LogP contribution in [0.3, 0.4) is 0 Å². The molecule has 5 heteroatoms. The molecule has 0 aromatic carbocycles. The molecule has 0 bridgehead atoms. The van der Waals surface area contributed by atoms with Crippen LogP contribution in [0.25, 0.3) is 0 Å². The Morgan fingerprint density at radius 1 is 1.21 bits per heavy atom. The summed E-state index contributed by atoms with van der Waals surface area (Å²) in [6, 6.07) is 0. The van der Waals surface area contributed by atoms with Gasteiger partial charge >= 0.3 is 5.92 Å². The van der Waals surface area contributed by atoms with E-state index in [1.807, 2.05) is 0 Å². The van der Waals surface area contributed by atoms with Gasteiger partial charge < -0.3 is 10.4 Å². The Balaban J connectivity index is 1.59. The highest BCUT2D eigenvalue weighted by Gasteiger charge is 2.61. The lowest BCUT2D eigenvalue weighted by atomic mass is 9.65. The summed E-state index contributed by atoms with van der Waals surface area (Å²) in [4.78, 5) is 11.7. The summed E-state index contributed by atoms with van der Waals surface area (Å²) in [5, 5.41) is 12.1. The number of hydrogen-bond donors (Lipinski definition) is 2. The third-order valence-corrected chi connectivity index (χ3v) is 5.44. The molecule has 3 fully saturated rings. The predicted octanol–water partition coefficient (Wildman–Crippen LogP) is 2.23. The van der Waals surface area contributed by atoms with Crippen LogP contribution in [0.4, 0.5) is 8.78 Å². The fraction of sp³-hybridized carbons (Fsp3) is 0.929. The van der Waals surface area contributed by atoms with Crippen LogP contribution in [0.2, 0.25) is 0 Å². The molecule has 3 aliphatic carbocycles. The van der Waals surface area contributed by atoms with E-state index in [0.29, 0.717) is 18.9 Å². The quantitative estimate of drug-likeness (QED) is 0.807. The van der Waals surface area contributed by atoms with Gasteiger partial charge in [-0.25, -0.2) is 0 Å². The summed E-state index contributed by atoms with van der Waals surface area (Å²) in [5.41, 5.74) is -2.03. The summed E-state index contributed by atoms with van der Waals surface area (Å²) in [6.07, 6.45) is 6.12. The molecule has 0 atom stereocenters. The Hall–Kier alpha value is -0.710. The van der Waals surface area contributed by atoms with Crippen molar-refractivity contribution in [3.8, 4) is 0 Å². The summed E-state index contributed by atoms with van der Waals surface area (Å²) in [6.45, 7) is 0.349. The van der Waals surface area contributed by atoms with Crippen LogP contribution in [-0.4, -0.2) is 29.1 Å². The molecule has 1 amide bonds. The highest BCUT2D eigenvalue weighted by Crippen LogP contribution is 2.56. The lowest BCUT2D eigenvalue weighted by Gasteiger charge is -2.44. The molecule has 0 heterocycles. The Morgan fingerprint density at radius 3 is 2.16 bits per heavy atom. The zero-order valence-electron chi connectivity index (χ0n) is 11.1. The first kappa shape index (κ1) is 13.3.